The van der Waals surface area contributed by atoms with Gasteiger partial charge in [0.15, 0.2) is 0 Å². The Morgan fingerprint density at radius 3 is 2.60 bits per heavy atom. The van der Waals surface area contributed by atoms with Crippen molar-refractivity contribution in [3.63, 3.8) is 0 Å². The first kappa shape index (κ1) is 10.9. The molecule has 0 radical (unpaired) electrons. The smallest absolute Gasteiger partial charge is 0.324 e. The first-order chi connectivity index (χ1) is 7.18. The van der Waals surface area contributed by atoms with Crippen molar-refractivity contribution in [2.45, 2.75) is 31.7 Å². The van der Waals surface area contributed by atoms with E-state index in [1.165, 1.54) is 0 Å². The van der Waals surface area contributed by atoms with Gasteiger partial charge in [0.2, 0.25) is 0 Å². The quantitative estimate of drug-likeness (QED) is 0.701. The lowest BCUT2D eigenvalue weighted by molar-refractivity contribution is -0.154. The van der Waals surface area contributed by atoms with E-state index in [4.69, 9.17) is 0 Å². The summed E-state index contributed by atoms with van der Waals surface area (Å²) < 4.78 is 0. The molecule has 1 aliphatic heterocycles. The second-order valence-electron chi connectivity index (χ2n) is 4.76. The van der Waals surface area contributed by atoms with Crippen LogP contribution in [0.1, 0.15) is 26.2 Å². The molecule has 1 saturated heterocycles. The van der Waals surface area contributed by atoms with Crippen molar-refractivity contribution in [1.82, 2.24) is 10.2 Å². The van der Waals surface area contributed by atoms with Crippen LogP contribution in [0.15, 0.2) is 0 Å². The summed E-state index contributed by atoms with van der Waals surface area (Å²) in [5.74, 6) is -0.331. The summed E-state index contributed by atoms with van der Waals surface area (Å²) in [6.07, 6.45) is 2.93. The monoisotopic (exact) mass is 212 g/mol. The molecule has 0 aromatic heterocycles. The van der Waals surface area contributed by atoms with Crippen molar-refractivity contribution >= 4 is 5.97 Å². The number of nitrogens with zero attached hydrogens (tertiary/aromatic N) is 1. The fourth-order valence-corrected chi connectivity index (χ4v) is 3.15. The maximum absolute atomic E-state index is 11.6. The van der Waals surface area contributed by atoms with Crippen LogP contribution in [0.5, 0.6) is 0 Å². The average molecular weight is 212 g/mol. The Morgan fingerprint density at radius 1 is 1.47 bits per heavy atom. The van der Waals surface area contributed by atoms with Crippen molar-refractivity contribution in [2.75, 3.05) is 26.2 Å². The van der Waals surface area contributed by atoms with Crippen LogP contribution < -0.4 is 5.32 Å². The van der Waals surface area contributed by atoms with E-state index >= 15 is 0 Å². The normalized spacial score (nSPS) is 38.1. The number of hydrogen-bond donors (Lipinski definition) is 2. The molecule has 2 N–H and O–H groups in total. The third-order valence-corrected chi connectivity index (χ3v) is 4.06. The Balaban J connectivity index is 2.21. The summed E-state index contributed by atoms with van der Waals surface area (Å²) in [7, 11) is 0. The van der Waals surface area contributed by atoms with Crippen LogP contribution in [0.2, 0.25) is 0 Å². The first-order valence-corrected chi connectivity index (χ1v) is 5.87. The van der Waals surface area contributed by atoms with Crippen LogP contribution >= 0.6 is 0 Å². The Labute approximate surface area is 90.6 Å². The summed E-state index contributed by atoms with van der Waals surface area (Å²) in [6, 6.07) is 0. The molecule has 0 spiro atoms. The average Bonchev–Trinajstić information content (AvgIpc) is 2.62. The second-order valence-corrected chi connectivity index (χ2v) is 4.76. The highest BCUT2D eigenvalue weighted by Gasteiger charge is 2.51. The third kappa shape index (κ3) is 1.66. The Morgan fingerprint density at radius 2 is 2.13 bits per heavy atom. The van der Waals surface area contributed by atoms with E-state index in [0.29, 0.717) is 0 Å². The summed E-state index contributed by atoms with van der Waals surface area (Å²) >= 11 is 0. The van der Waals surface area contributed by atoms with Crippen molar-refractivity contribution in [1.29, 1.82) is 0 Å². The van der Waals surface area contributed by atoms with Gasteiger partial charge in [0.1, 0.15) is 5.54 Å². The van der Waals surface area contributed by atoms with Gasteiger partial charge in [-0.15, -0.1) is 0 Å². The van der Waals surface area contributed by atoms with E-state index in [1.54, 1.807) is 0 Å². The summed E-state index contributed by atoms with van der Waals surface area (Å²) in [5, 5.41) is 12.8. The molecule has 0 aromatic rings. The summed E-state index contributed by atoms with van der Waals surface area (Å²) in [6.45, 7) is 5.67. The Bertz CT molecular complexity index is 251. The molecule has 86 valence electrons. The summed E-state index contributed by atoms with van der Waals surface area (Å²) in [4.78, 5) is 13.8. The van der Waals surface area contributed by atoms with Crippen LogP contribution in [0.4, 0.5) is 0 Å². The maximum Gasteiger partial charge on any atom is 0.324 e. The third-order valence-electron chi connectivity index (χ3n) is 4.06. The molecule has 2 aliphatic rings. The molecule has 4 nitrogen and oxygen atoms in total. The number of hydrogen-bond acceptors (Lipinski definition) is 3. The van der Waals surface area contributed by atoms with Gasteiger partial charge in [-0.1, -0.05) is 13.3 Å². The predicted molar refractivity (Wildman–Crippen MR) is 57.8 cm³/mol. The van der Waals surface area contributed by atoms with Gasteiger partial charge in [-0.25, -0.2) is 0 Å². The minimum Gasteiger partial charge on any atom is -0.480 e. The number of aliphatic carboxylic acids is 1. The zero-order valence-electron chi connectivity index (χ0n) is 9.33. The maximum atomic E-state index is 11.6. The van der Waals surface area contributed by atoms with E-state index in [0.717, 1.165) is 45.4 Å². The van der Waals surface area contributed by atoms with E-state index in [1.807, 2.05) is 0 Å². The lowest BCUT2D eigenvalue weighted by atomic mass is 9.86. The highest BCUT2D eigenvalue weighted by atomic mass is 16.4. The highest BCUT2D eigenvalue weighted by molar-refractivity contribution is 5.79. The van der Waals surface area contributed by atoms with Gasteiger partial charge in [0.05, 0.1) is 0 Å². The molecular formula is C11H20N2O2. The number of piperazine rings is 1. The molecule has 1 aliphatic carbocycles. The van der Waals surface area contributed by atoms with Gasteiger partial charge in [-0.05, 0) is 18.8 Å². The number of nitrogens with one attached hydrogen (secondary N) is 1. The van der Waals surface area contributed by atoms with E-state index < -0.39 is 11.5 Å². The van der Waals surface area contributed by atoms with E-state index in [9.17, 15) is 9.90 Å². The minimum absolute atomic E-state index is 0.285. The molecule has 15 heavy (non-hydrogen) atoms. The van der Waals surface area contributed by atoms with Crippen LogP contribution in [0.25, 0.3) is 0 Å². The van der Waals surface area contributed by atoms with Crippen molar-refractivity contribution in [3.05, 3.63) is 0 Å². The number of rotatable bonds is 2. The van der Waals surface area contributed by atoms with E-state index in [-0.39, 0.29) is 5.92 Å². The largest absolute Gasteiger partial charge is 0.480 e. The van der Waals surface area contributed by atoms with Crippen molar-refractivity contribution in [2.24, 2.45) is 5.92 Å². The topological polar surface area (TPSA) is 52.6 Å². The minimum atomic E-state index is -0.616. The zero-order chi connectivity index (χ0) is 10.9. The number of carboxylic acids is 1. The fourth-order valence-electron chi connectivity index (χ4n) is 3.15. The molecule has 0 bridgehead atoms. The lowest BCUT2D eigenvalue weighted by Gasteiger charge is -2.43. The Hall–Kier alpha value is -0.610. The van der Waals surface area contributed by atoms with E-state index in [2.05, 4.69) is 17.1 Å². The molecule has 4 heteroatoms. The number of carbonyl (C=O) groups is 1. The van der Waals surface area contributed by atoms with Gasteiger partial charge < -0.3 is 10.4 Å². The SMILES string of the molecule is CC1CCCC1(C(=O)O)N1CCNCC1. The molecule has 2 unspecified atom stereocenters. The van der Waals surface area contributed by atoms with Crippen LogP contribution in [-0.4, -0.2) is 47.7 Å². The van der Waals surface area contributed by atoms with Crippen molar-refractivity contribution < 1.29 is 9.90 Å². The molecule has 1 heterocycles. The fraction of sp³-hybridized carbons (Fsp3) is 0.909. The molecular weight excluding hydrogens is 192 g/mol. The van der Waals surface area contributed by atoms with Gasteiger partial charge in [-0.3, -0.25) is 9.69 Å². The van der Waals surface area contributed by atoms with Gasteiger partial charge in [0.25, 0.3) is 0 Å². The molecule has 2 atom stereocenters. The molecule has 0 aromatic carbocycles. The van der Waals surface area contributed by atoms with Crippen LogP contribution in [0, 0.1) is 5.92 Å². The van der Waals surface area contributed by atoms with Gasteiger partial charge in [0, 0.05) is 26.2 Å². The second kappa shape index (κ2) is 4.10. The lowest BCUT2D eigenvalue weighted by Crippen LogP contribution is -2.61. The van der Waals surface area contributed by atoms with Crippen LogP contribution in [0.3, 0.4) is 0 Å². The molecule has 1 saturated carbocycles. The van der Waals surface area contributed by atoms with Gasteiger partial charge in [-0.2, -0.15) is 0 Å². The highest BCUT2D eigenvalue weighted by Crippen LogP contribution is 2.40. The first-order valence-electron chi connectivity index (χ1n) is 5.87. The molecule has 2 fully saturated rings. The number of carboxylic acid groups (broad SMARTS) is 1. The van der Waals surface area contributed by atoms with Crippen LogP contribution in [-0.2, 0) is 4.79 Å². The molecule has 2 rings (SSSR count). The predicted octanol–water partition coefficient (Wildman–Crippen LogP) is 0.535. The van der Waals surface area contributed by atoms with Crippen molar-refractivity contribution in [3.8, 4) is 0 Å². The Kier molecular flexibility index (Phi) is 2.98. The van der Waals surface area contributed by atoms with Gasteiger partial charge >= 0.3 is 5.97 Å². The zero-order valence-corrected chi connectivity index (χ0v) is 9.33. The molecule has 0 amide bonds. The standard InChI is InChI=1S/C11H20N2O2/c1-9-3-2-4-11(9,10(14)15)13-7-5-12-6-8-13/h9,12H,2-8H2,1H3,(H,14,15). The summed E-state index contributed by atoms with van der Waals surface area (Å²) in [5.41, 5.74) is -0.567.